The summed E-state index contributed by atoms with van der Waals surface area (Å²) < 4.78 is 61.2. The summed E-state index contributed by atoms with van der Waals surface area (Å²) in [6, 6.07) is 17.2. The molecule has 3 aromatic rings. The van der Waals surface area contributed by atoms with E-state index in [0.29, 0.717) is 11.4 Å². The molecule has 32 heavy (non-hydrogen) atoms. The molecular weight excluding hydrogens is 448 g/mol. The van der Waals surface area contributed by atoms with E-state index < -0.39 is 20.0 Å². The Bertz CT molecular complexity index is 1300. The van der Waals surface area contributed by atoms with Crippen LogP contribution in [-0.2, 0) is 20.0 Å². The molecule has 170 valence electrons. The number of rotatable bonds is 8. The molecule has 0 heterocycles. The maximum Gasteiger partial charge on any atom is 0.261 e. The second-order valence-electron chi connectivity index (χ2n) is 7.66. The van der Waals surface area contributed by atoms with Gasteiger partial charge in [0.1, 0.15) is 5.75 Å². The molecule has 3 aromatic carbocycles. The molecule has 0 spiro atoms. The van der Waals surface area contributed by atoms with Crippen molar-refractivity contribution in [2.24, 2.45) is 0 Å². The number of aryl methyl sites for hydroxylation is 1. The van der Waals surface area contributed by atoms with Gasteiger partial charge in [-0.25, -0.2) is 16.8 Å². The quantitative estimate of drug-likeness (QED) is 0.492. The first-order valence-corrected chi connectivity index (χ1v) is 12.9. The molecule has 0 aromatic heterocycles. The predicted octanol–water partition coefficient (Wildman–Crippen LogP) is 4.73. The topological polar surface area (TPSA) is 102 Å². The zero-order valence-electron chi connectivity index (χ0n) is 18.3. The van der Waals surface area contributed by atoms with Crippen LogP contribution in [0.1, 0.15) is 30.9 Å². The molecule has 0 aliphatic heterocycles. The Labute approximate surface area is 189 Å². The van der Waals surface area contributed by atoms with Crippen molar-refractivity contribution in [3.05, 3.63) is 77.9 Å². The SMILES string of the molecule is COc1ccc(S(=O)(=O)Nc2ccc(S(=O)(=O)Nc3ccc(C)cc3)cc2)cc1C(C)C. The van der Waals surface area contributed by atoms with Gasteiger partial charge in [-0.05, 0) is 73.0 Å². The Morgan fingerprint density at radius 3 is 1.69 bits per heavy atom. The molecule has 0 fully saturated rings. The number of methoxy groups -OCH3 is 1. The fourth-order valence-electron chi connectivity index (χ4n) is 3.08. The van der Waals surface area contributed by atoms with Crippen LogP contribution in [0.2, 0.25) is 0 Å². The van der Waals surface area contributed by atoms with Crippen molar-refractivity contribution in [1.29, 1.82) is 0 Å². The van der Waals surface area contributed by atoms with E-state index in [1.807, 2.05) is 20.8 Å². The van der Waals surface area contributed by atoms with Crippen LogP contribution in [0, 0.1) is 6.92 Å². The number of hydrogen-bond donors (Lipinski definition) is 2. The van der Waals surface area contributed by atoms with Gasteiger partial charge < -0.3 is 4.74 Å². The first kappa shape index (κ1) is 23.6. The van der Waals surface area contributed by atoms with E-state index in [4.69, 9.17) is 4.74 Å². The van der Waals surface area contributed by atoms with E-state index in [2.05, 4.69) is 9.44 Å². The average molecular weight is 475 g/mol. The van der Waals surface area contributed by atoms with Gasteiger partial charge in [0.15, 0.2) is 0 Å². The summed E-state index contributed by atoms with van der Waals surface area (Å²) in [5.41, 5.74) is 2.49. The van der Waals surface area contributed by atoms with Crippen LogP contribution in [0.3, 0.4) is 0 Å². The summed E-state index contributed by atoms with van der Waals surface area (Å²) in [6.07, 6.45) is 0. The van der Waals surface area contributed by atoms with E-state index >= 15 is 0 Å². The molecule has 0 aliphatic carbocycles. The van der Waals surface area contributed by atoms with Gasteiger partial charge in [0.25, 0.3) is 20.0 Å². The van der Waals surface area contributed by atoms with Gasteiger partial charge >= 0.3 is 0 Å². The zero-order valence-corrected chi connectivity index (χ0v) is 19.9. The zero-order chi connectivity index (χ0) is 23.5. The van der Waals surface area contributed by atoms with Crippen molar-refractivity contribution in [2.75, 3.05) is 16.6 Å². The molecule has 0 saturated heterocycles. The summed E-state index contributed by atoms with van der Waals surface area (Å²) in [6.45, 7) is 5.81. The Hall–Kier alpha value is -3.04. The largest absolute Gasteiger partial charge is 0.496 e. The van der Waals surface area contributed by atoms with Crippen LogP contribution in [0.4, 0.5) is 11.4 Å². The first-order valence-electron chi connectivity index (χ1n) is 9.92. The maximum absolute atomic E-state index is 12.8. The van der Waals surface area contributed by atoms with Crippen molar-refractivity contribution in [1.82, 2.24) is 0 Å². The summed E-state index contributed by atoms with van der Waals surface area (Å²) in [5, 5.41) is 0. The van der Waals surface area contributed by atoms with Crippen LogP contribution < -0.4 is 14.2 Å². The number of nitrogens with one attached hydrogen (secondary N) is 2. The molecular formula is C23H26N2O5S2. The molecule has 0 atom stereocenters. The van der Waals surface area contributed by atoms with Gasteiger partial charge in [0, 0.05) is 11.4 Å². The monoisotopic (exact) mass is 474 g/mol. The highest BCUT2D eigenvalue weighted by Crippen LogP contribution is 2.30. The minimum absolute atomic E-state index is 0.0209. The number of sulfonamides is 2. The smallest absolute Gasteiger partial charge is 0.261 e. The fraction of sp³-hybridized carbons (Fsp3) is 0.217. The van der Waals surface area contributed by atoms with Gasteiger partial charge in [0.05, 0.1) is 16.9 Å². The summed E-state index contributed by atoms with van der Waals surface area (Å²) in [5.74, 6) is 0.695. The van der Waals surface area contributed by atoms with E-state index in [1.54, 1.807) is 36.4 Å². The maximum atomic E-state index is 12.8. The highest BCUT2D eigenvalue weighted by atomic mass is 32.2. The third kappa shape index (κ3) is 5.41. The lowest BCUT2D eigenvalue weighted by molar-refractivity contribution is 0.407. The van der Waals surface area contributed by atoms with E-state index in [9.17, 15) is 16.8 Å². The van der Waals surface area contributed by atoms with Crippen molar-refractivity contribution >= 4 is 31.4 Å². The van der Waals surface area contributed by atoms with E-state index in [-0.39, 0.29) is 21.4 Å². The Morgan fingerprint density at radius 2 is 1.19 bits per heavy atom. The van der Waals surface area contributed by atoms with Gasteiger partial charge in [-0.2, -0.15) is 0 Å². The van der Waals surface area contributed by atoms with Crippen molar-refractivity contribution in [2.45, 2.75) is 36.5 Å². The molecule has 2 N–H and O–H groups in total. The third-order valence-electron chi connectivity index (χ3n) is 4.85. The second-order valence-corrected chi connectivity index (χ2v) is 11.0. The summed E-state index contributed by atoms with van der Waals surface area (Å²) >= 11 is 0. The van der Waals surface area contributed by atoms with Gasteiger partial charge in [0.2, 0.25) is 0 Å². The molecule has 0 aliphatic rings. The van der Waals surface area contributed by atoms with Gasteiger partial charge in [-0.15, -0.1) is 0 Å². The lowest BCUT2D eigenvalue weighted by Gasteiger charge is -2.15. The normalized spacial score (nSPS) is 11.9. The second kappa shape index (κ2) is 9.22. The lowest BCUT2D eigenvalue weighted by Crippen LogP contribution is -2.15. The predicted molar refractivity (Wildman–Crippen MR) is 126 cm³/mol. The van der Waals surface area contributed by atoms with Crippen LogP contribution in [-0.4, -0.2) is 23.9 Å². The molecule has 0 amide bonds. The van der Waals surface area contributed by atoms with Crippen LogP contribution >= 0.6 is 0 Å². The van der Waals surface area contributed by atoms with Gasteiger partial charge in [-0.3, -0.25) is 9.44 Å². The number of ether oxygens (including phenoxy) is 1. The fourth-order valence-corrected chi connectivity index (χ4v) is 5.23. The molecule has 3 rings (SSSR count). The molecule has 0 unspecified atom stereocenters. The van der Waals surface area contributed by atoms with Crippen molar-refractivity contribution in [3.8, 4) is 5.75 Å². The molecule has 0 saturated carbocycles. The van der Waals surface area contributed by atoms with Gasteiger partial charge in [-0.1, -0.05) is 31.5 Å². The number of anilines is 2. The highest BCUT2D eigenvalue weighted by molar-refractivity contribution is 7.93. The van der Waals surface area contributed by atoms with Crippen molar-refractivity contribution in [3.63, 3.8) is 0 Å². The molecule has 0 radical (unpaired) electrons. The third-order valence-corrected chi connectivity index (χ3v) is 7.63. The van der Waals surface area contributed by atoms with Crippen LogP contribution in [0.5, 0.6) is 5.75 Å². The number of benzene rings is 3. The van der Waals surface area contributed by atoms with Crippen LogP contribution in [0.25, 0.3) is 0 Å². The number of hydrogen-bond acceptors (Lipinski definition) is 5. The highest BCUT2D eigenvalue weighted by Gasteiger charge is 2.19. The Balaban J connectivity index is 1.80. The average Bonchev–Trinajstić information content (AvgIpc) is 2.74. The molecule has 0 bridgehead atoms. The minimum Gasteiger partial charge on any atom is -0.496 e. The Kier molecular flexibility index (Phi) is 6.80. The van der Waals surface area contributed by atoms with Crippen LogP contribution in [0.15, 0.2) is 76.5 Å². The minimum atomic E-state index is -3.87. The van der Waals surface area contributed by atoms with E-state index in [1.165, 1.54) is 37.4 Å². The molecule has 9 heteroatoms. The first-order chi connectivity index (χ1) is 15.0. The van der Waals surface area contributed by atoms with E-state index in [0.717, 1.165) is 11.1 Å². The lowest BCUT2D eigenvalue weighted by atomic mass is 10.0. The summed E-state index contributed by atoms with van der Waals surface area (Å²) in [7, 11) is -6.13. The van der Waals surface area contributed by atoms with Crippen molar-refractivity contribution < 1.29 is 21.6 Å². The molecule has 7 nitrogen and oxygen atoms in total. The Morgan fingerprint density at radius 1 is 0.719 bits per heavy atom. The summed E-state index contributed by atoms with van der Waals surface area (Å²) in [4.78, 5) is 0.118. The standard InChI is InChI=1S/C23H26N2O5S2/c1-16(2)22-15-21(13-14-23(22)30-4)32(28,29)25-19-9-11-20(12-10-19)31(26,27)24-18-7-5-17(3)6-8-18/h5-16,24-25H,1-4H3.